The lowest BCUT2D eigenvalue weighted by atomic mass is 10.0. The average molecular weight is 239 g/mol. The molecule has 0 spiro atoms. The van der Waals surface area contributed by atoms with Gasteiger partial charge in [-0.15, -0.1) is 11.8 Å². The minimum atomic E-state index is -0.935. The first-order chi connectivity index (χ1) is 7.39. The number of nitrogens with two attached hydrogens (primary N) is 1. The number of carbonyl (C=O) groups is 1. The van der Waals surface area contributed by atoms with E-state index in [4.69, 9.17) is 5.73 Å². The number of benzene rings is 1. The van der Waals surface area contributed by atoms with Crippen molar-refractivity contribution in [1.82, 2.24) is 0 Å². The molecule has 1 amide bonds. The summed E-state index contributed by atoms with van der Waals surface area (Å²) >= 11 is 1.47. The summed E-state index contributed by atoms with van der Waals surface area (Å²) in [5, 5.41) is 9.73. The molecule has 1 atom stereocenters. The van der Waals surface area contributed by atoms with Crippen LogP contribution in [0.3, 0.4) is 0 Å². The maximum absolute atomic E-state index is 10.9. The highest BCUT2D eigenvalue weighted by atomic mass is 32.2. The number of amides is 1. The monoisotopic (exact) mass is 239 g/mol. The second-order valence-electron chi connectivity index (χ2n) is 4.24. The van der Waals surface area contributed by atoms with E-state index in [-0.39, 0.29) is 11.7 Å². The normalized spacial score (nSPS) is 13.4. The van der Waals surface area contributed by atoms with E-state index in [9.17, 15) is 9.90 Å². The van der Waals surface area contributed by atoms with E-state index < -0.39 is 11.5 Å². The fraction of sp³-hybridized carbons (Fsp3) is 0.417. The summed E-state index contributed by atoms with van der Waals surface area (Å²) < 4.78 is 0. The van der Waals surface area contributed by atoms with Crippen LogP contribution in [0, 0.1) is 0 Å². The zero-order valence-electron chi connectivity index (χ0n) is 9.51. The van der Waals surface area contributed by atoms with Gasteiger partial charge in [0.15, 0.2) is 0 Å². The van der Waals surface area contributed by atoms with Gasteiger partial charge in [0.1, 0.15) is 0 Å². The van der Waals surface area contributed by atoms with E-state index >= 15 is 0 Å². The molecule has 4 heteroatoms. The largest absolute Gasteiger partial charge is 0.389 e. The van der Waals surface area contributed by atoms with Crippen molar-refractivity contribution in [3.8, 4) is 0 Å². The van der Waals surface area contributed by atoms with Gasteiger partial charge in [0.05, 0.1) is 5.60 Å². The second-order valence-corrected chi connectivity index (χ2v) is 5.52. The van der Waals surface area contributed by atoms with Crippen LogP contribution in [-0.2, 0) is 4.79 Å². The zero-order valence-corrected chi connectivity index (χ0v) is 10.3. The Morgan fingerprint density at radius 1 is 1.44 bits per heavy atom. The molecule has 3 N–H and O–H groups in total. The molecule has 1 aromatic rings. The van der Waals surface area contributed by atoms with Crippen LogP contribution in [0.1, 0.15) is 20.3 Å². The molecule has 0 saturated carbocycles. The van der Waals surface area contributed by atoms with E-state index in [1.165, 1.54) is 11.8 Å². The molecule has 0 aromatic heterocycles. The van der Waals surface area contributed by atoms with Crippen LogP contribution in [0.5, 0.6) is 0 Å². The minimum absolute atomic E-state index is 0.170. The van der Waals surface area contributed by atoms with Crippen molar-refractivity contribution in [2.75, 3.05) is 0 Å². The number of rotatable bonds is 5. The Balaban J connectivity index is 2.75. The summed E-state index contributed by atoms with van der Waals surface area (Å²) in [6, 6.07) is 9.67. The molecule has 0 fully saturated rings. The van der Waals surface area contributed by atoms with E-state index in [0.29, 0.717) is 0 Å². The molecule has 0 aliphatic carbocycles. The number of thioether (sulfide) groups is 1. The molecule has 1 unspecified atom stereocenters. The van der Waals surface area contributed by atoms with Crippen molar-refractivity contribution >= 4 is 17.7 Å². The summed E-state index contributed by atoms with van der Waals surface area (Å²) in [4.78, 5) is 12.0. The molecule has 0 bridgehead atoms. The molecule has 0 heterocycles. The fourth-order valence-electron chi connectivity index (χ4n) is 1.28. The van der Waals surface area contributed by atoms with Crippen molar-refractivity contribution in [3.63, 3.8) is 0 Å². The molecule has 16 heavy (non-hydrogen) atoms. The van der Waals surface area contributed by atoms with E-state index in [2.05, 4.69) is 0 Å². The SMILES string of the molecule is CC(C)(O)C(CC(N)=O)Sc1ccccc1. The average Bonchev–Trinajstić information content (AvgIpc) is 2.16. The van der Waals surface area contributed by atoms with Gasteiger partial charge in [-0.3, -0.25) is 4.79 Å². The Morgan fingerprint density at radius 3 is 2.44 bits per heavy atom. The van der Waals surface area contributed by atoms with Gasteiger partial charge < -0.3 is 10.8 Å². The van der Waals surface area contributed by atoms with Gasteiger partial charge in [0.2, 0.25) is 5.91 Å². The van der Waals surface area contributed by atoms with Crippen LogP contribution in [0.25, 0.3) is 0 Å². The van der Waals surface area contributed by atoms with Gasteiger partial charge in [0.25, 0.3) is 0 Å². The highest BCUT2D eigenvalue weighted by Crippen LogP contribution is 2.32. The van der Waals surface area contributed by atoms with Crippen molar-refractivity contribution in [3.05, 3.63) is 30.3 Å². The van der Waals surface area contributed by atoms with E-state index in [1.54, 1.807) is 13.8 Å². The standard InChI is InChI=1S/C12H17NO2S/c1-12(2,15)10(8-11(13)14)16-9-6-4-3-5-7-9/h3-7,10,15H,8H2,1-2H3,(H2,13,14). The summed E-state index contributed by atoms with van der Waals surface area (Å²) in [5.41, 5.74) is 4.25. The maximum atomic E-state index is 10.9. The Labute approximate surface area is 100 Å². The molecule has 1 aromatic carbocycles. The predicted octanol–water partition coefficient (Wildman–Crippen LogP) is 1.79. The number of hydrogen-bond acceptors (Lipinski definition) is 3. The zero-order chi connectivity index (χ0) is 12.2. The van der Waals surface area contributed by atoms with Crippen LogP contribution >= 0.6 is 11.8 Å². The first kappa shape index (κ1) is 13.1. The van der Waals surface area contributed by atoms with Gasteiger partial charge in [-0.2, -0.15) is 0 Å². The quantitative estimate of drug-likeness (QED) is 0.770. The molecule has 0 saturated heterocycles. The Hall–Kier alpha value is -1.00. The Bertz CT molecular complexity index is 346. The molecular formula is C12H17NO2S. The predicted molar refractivity (Wildman–Crippen MR) is 66.2 cm³/mol. The number of aliphatic hydroxyl groups is 1. The summed E-state index contributed by atoms with van der Waals surface area (Å²) in [7, 11) is 0. The number of primary amides is 1. The van der Waals surface area contributed by atoms with Gasteiger partial charge in [-0.05, 0) is 26.0 Å². The summed E-state index contributed by atoms with van der Waals surface area (Å²) in [5.74, 6) is -0.393. The van der Waals surface area contributed by atoms with Crippen molar-refractivity contribution in [1.29, 1.82) is 0 Å². The van der Waals surface area contributed by atoms with Crippen LogP contribution in [-0.4, -0.2) is 21.9 Å². The Morgan fingerprint density at radius 2 is 2.00 bits per heavy atom. The van der Waals surface area contributed by atoms with Crippen molar-refractivity contribution < 1.29 is 9.90 Å². The number of carbonyl (C=O) groups excluding carboxylic acids is 1. The fourth-order valence-corrected chi connectivity index (χ4v) is 2.46. The van der Waals surface area contributed by atoms with Gasteiger partial charge in [0, 0.05) is 16.6 Å². The van der Waals surface area contributed by atoms with Crippen LogP contribution in [0.15, 0.2) is 35.2 Å². The first-order valence-electron chi connectivity index (χ1n) is 5.12. The highest BCUT2D eigenvalue weighted by Gasteiger charge is 2.29. The van der Waals surface area contributed by atoms with Crippen LogP contribution in [0.2, 0.25) is 0 Å². The smallest absolute Gasteiger partial charge is 0.218 e. The summed E-state index contributed by atoms with van der Waals surface area (Å²) in [6.07, 6.45) is 0.170. The first-order valence-corrected chi connectivity index (χ1v) is 6.00. The second kappa shape index (κ2) is 5.37. The molecule has 1 rings (SSSR count). The minimum Gasteiger partial charge on any atom is -0.389 e. The lowest BCUT2D eigenvalue weighted by molar-refractivity contribution is -0.118. The van der Waals surface area contributed by atoms with Crippen LogP contribution in [0.4, 0.5) is 0 Å². The molecule has 0 radical (unpaired) electrons. The number of hydrogen-bond donors (Lipinski definition) is 2. The lowest BCUT2D eigenvalue weighted by Gasteiger charge is -2.27. The van der Waals surface area contributed by atoms with E-state index in [0.717, 1.165) is 4.90 Å². The third-order valence-electron chi connectivity index (χ3n) is 2.20. The molecule has 0 aliphatic heterocycles. The molecular weight excluding hydrogens is 222 g/mol. The molecule has 3 nitrogen and oxygen atoms in total. The van der Waals surface area contributed by atoms with Crippen molar-refractivity contribution in [2.45, 2.75) is 36.0 Å². The maximum Gasteiger partial charge on any atom is 0.218 e. The molecule has 88 valence electrons. The van der Waals surface area contributed by atoms with Crippen molar-refractivity contribution in [2.24, 2.45) is 5.73 Å². The Kier molecular flexibility index (Phi) is 4.38. The van der Waals surface area contributed by atoms with Gasteiger partial charge >= 0.3 is 0 Å². The third-order valence-corrected chi connectivity index (χ3v) is 3.77. The summed E-state index contributed by atoms with van der Waals surface area (Å²) in [6.45, 7) is 3.38. The van der Waals surface area contributed by atoms with E-state index in [1.807, 2.05) is 30.3 Å². The topological polar surface area (TPSA) is 63.3 Å². The lowest BCUT2D eigenvalue weighted by Crippen LogP contribution is -2.36. The molecule has 0 aliphatic rings. The highest BCUT2D eigenvalue weighted by molar-refractivity contribution is 8.00. The third kappa shape index (κ3) is 4.24. The van der Waals surface area contributed by atoms with Gasteiger partial charge in [-0.25, -0.2) is 0 Å². The van der Waals surface area contributed by atoms with Crippen LogP contribution < -0.4 is 5.73 Å². The van der Waals surface area contributed by atoms with Gasteiger partial charge in [-0.1, -0.05) is 18.2 Å².